The van der Waals surface area contributed by atoms with Crippen molar-refractivity contribution < 1.29 is 37.3 Å². The van der Waals surface area contributed by atoms with Gasteiger partial charge in [-0.1, -0.05) is 30.3 Å². The van der Waals surface area contributed by atoms with Gasteiger partial charge in [0.15, 0.2) is 12.1 Å². The van der Waals surface area contributed by atoms with Crippen LogP contribution in [0.15, 0.2) is 30.3 Å². The highest BCUT2D eigenvalue weighted by molar-refractivity contribution is 5.80. The molecular weight excluding hydrogens is 319 g/mol. The normalized spacial score (nSPS) is 21.8. The van der Waals surface area contributed by atoms with Crippen molar-refractivity contribution in [3.63, 3.8) is 0 Å². The molecule has 1 N–H and O–H groups in total. The van der Waals surface area contributed by atoms with E-state index in [9.17, 15) is 22.8 Å². The number of carbonyl (C=O) groups excluding carboxylic acids is 1. The van der Waals surface area contributed by atoms with Gasteiger partial charge >= 0.3 is 18.2 Å². The molecule has 0 spiro atoms. The smallest absolute Gasteiger partial charge is 0.416 e. The predicted octanol–water partition coefficient (Wildman–Crippen LogP) is 2.04. The van der Waals surface area contributed by atoms with E-state index in [1.807, 2.05) is 0 Å². The zero-order valence-corrected chi connectivity index (χ0v) is 11.8. The maximum atomic E-state index is 12.7. The molecule has 1 heterocycles. The van der Waals surface area contributed by atoms with Crippen molar-refractivity contribution in [3.8, 4) is 0 Å². The van der Waals surface area contributed by atoms with E-state index in [0.717, 1.165) is 0 Å². The van der Waals surface area contributed by atoms with E-state index in [2.05, 4.69) is 4.74 Å². The molecule has 0 aromatic heterocycles. The first kappa shape index (κ1) is 17.1. The van der Waals surface area contributed by atoms with Gasteiger partial charge in [0.1, 0.15) is 6.61 Å². The monoisotopic (exact) mass is 333 g/mol. The molecule has 2 rings (SSSR count). The Balaban J connectivity index is 2.05. The molecule has 1 amide bonds. The molecule has 1 fully saturated rings. The summed E-state index contributed by atoms with van der Waals surface area (Å²) >= 11 is 0. The van der Waals surface area contributed by atoms with E-state index in [-0.39, 0.29) is 6.61 Å². The number of hydrogen-bond acceptors (Lipinski definition) is 4. The number of alkyl halides is 3. The van der Waals surface area contributed by atoms with Crippen LogP contribution in [0.1, 0.15) is 5.56 Å². The summed E-state index contributed by atoms with van der Waals surface area (Å²) in [5, 5.41) is 9.02. The van der Waals surface area contributed by atoms with Gasteiger partial charge < -0.3 is 14.6 Å². The van der Waals surface area contributed by atoms with Gasteiger partial charge in [-0.3, -0.25) is 4.90 Å². The Labute approximate surface area is 129 Å². The quantitative estimate of drug-likeness (QED) is 0.916. The Bertz CT molecular complexity index is 563. The van der Waals surface area contributed by atoms with Gasteiger partial charge in [0.25, 0.3) is 0 Å². The lowest BCUT2D eigenvalue weighted by atomic mass is 10.2. The fourth-order valence-corrected chi connectivity index (χ4v) is 2.06. The summed E-state index contributed by atoms with van der Waals surface area (Å²) in [7, 11) is 0. The second-order valence-electron chi connectivity index (χ2n) is 4.91. The molecule has 1 saturated heterocycles. The van der Waals surface area contributed by atoms with Gasteiger partial charge in [-0.05, 0) is 5.56 Å². The lowest BCUT2D eigenvalue weighted by Gasteiger charge is -2.37. The van der Waals surface area contributed by atoms with E-state index < -0.39 is 43.5 Å². The minimum absolute atomic E-state index is 0.167. The average molecular weight is 333 g/mol. The van der Waals surface area contributed by atoms with E-state index >= 15 is 0 Å². The molecule has 1 aromatic rings. The zero-order valence-electron chi connectivity index (χ0n) is 11.8. The largest absolute Gasteiger partial charge is 0.480 e. The third-order valence-electron chi connectivity index (χ3n) is 3.28. The number of amides is 1. The predicted molar refractivity (Wildman–Crippen MR) is 70.6 cm³/mol. The summed E-state index contributed by atoms with van der Waals surface area (Å²) in [4.78, 5) is 23.6. The highest BCUT2D eigenvalue weighted by Gasteiger charge is 2.48. The minimum atomic E-state index is -4.69. The summed E-state index contributed by atoms with van der Waals surface area (Å²) in [6.07, 6.45) is -8.05. The summed E-state index contributed by atoms with van der Waals surface area (Å²) in [6, 6.07) is 6.98. The van der Waals surface area contributed by atoms with Gasteiger partial charge in [-0.15, -0.1) is 0 Å². The standard InChI is InChI=1S/C14H14F3NO5/c15-14(16,17)11-6-18(10(8-22-11)12(19)20)13(21)23-7-9-4-2-1-3-5-9/h1-5,10-11H,6-8H2,(H,19,20). The molecule has 23 heavy (non-hydrogen) atoms. The van der Waals surface area contributed by atoms with Crippen LogP contribution in [0.5, 0.6) is 0 Å². The number of halogens is 3. The number of aliphatic carboxylic acids is 1. The fraction of sp³-hybridized carbons (Fsp3) is 0.429. The number of ether oxygens (including phenoxy) is 2. The maximum absolute atomic E-state index is 12.7. The number of rotatable bonds is 3. The van der Waals surface area contributed by atoms with Gasteiger partial charge in [0, 0.05) is 0 Å². The number of hydrogen-bond donors (Lipinski definition) is 1. The zero-order chi connectivity index (χ0) is 17.0. The molecule has 0 aliphatic carbocycles. The van der Waals surface area contributed by atoms with Crippen LogP contribution in [0, 0.1) is 0 Å². The third kappa shape index (κ3) is 4.35. The van der Waals surface area contributed by atoms with E-state index in [1.54, 1.807) is 30.3 Å². The molecule has 1 aliphatic rings. The van der Waals surface area contributed by atoms with Gasteiger partial charge in [0.05, 0.1) is 13.2 Å². The molecule has 6 nitrogen and oxygen atoms in total. The van der Waals surface area contributed by atoms with Crippen LogP contribution in [0.2, 0.25) is 0 Å². The highest BCUT2D eigenvalue weighted by atomic mass is 19.4. The number of carbonyl (C=O) groups is 2. The van der Waals surface area contributed by atoms with Crippen molar-refractivity contribution in [1.82, 2.24) is 4.90 Å². The number of carboxylic acid groups (broad SMARTS) is 1. The molecular formula is C14H14F3NO5. The Kier molecular flexibility index (Phi) is 5.09. The van der Waals surface area contributed by atoms with Gasteiger partial charge in [0.2, 0.25) is 0 Å². The Morgan fingerprint density at radius 1 is 1.30 bits per heavy atom. The second-order valence-corrected chi connectivity index (χ2v) is 4.91. The van der Waals surface area contributed by atoms with Crippen molar-refractivity contribution in [2.45, 2.75) is 24.9 Å². The van der Waals surface area contributed by atoms with Crippen molar-refractivity contribution in [2.24, 2.45) is 0 Å². The van der Waals surface area contributed by atoms with Crippen molar-refractivity contribution in [2.75, 3.05) is 13.2 Å². The van der Waals surface area contributed by atoms with Crippen LogP contribution in [-0.4, -0.2) is 53.5 Å². The van der Waals surface area contributed by atoms with Crippen molar-refractivity contribution >= 4 is 12.1 Å². The second kappa shape index (κ2) is 6.86. The molecule has 9 heteroatoms. The number of carboxylic acids is 1. The molecule has 1 aliphatic heterocycles. The Morgan fingerprint density at radius 2 is 1.96 bits per heavy atom. The highest BCUT2D eigenvalue weighted by Crippen LogP contribution is 2.28. The number of benzene rings is 1. The summed E-state index contributed by atoms with van der Waals surface area (Å²) in [6.45, 7) is -1.84. The van der Waals surface area contributed by atoms with E-state index in [4.69, 9.17) is 9.84 Å². The summed E-state index contributed by atoms with van der Waals surface area (Å²) in [5.41, 5.74) is 0.633. The molecule has 0 saturated carbocycles. The van der Waals surface area contributed by atoms with Crippen LogP contribution in [0.25, 0.3) is 0 Å². The fourth-order valence-electron chi connectivity index (χ4n) is 2.06. The molecule has 0 bridgehead atoms. The maximum Gasteiger partial charge on any atom is 0.416 e. The lowest BCUT2D eigenvalue weighted by molar-refractivity contribution is -0.242. The number of nitrogens with zero attached hydrogens (tertiary/aromatic N) is 1. The van der Waals surface area contributed by atoms with Crippen LogP contribution in [-0.2, 0) is 20.9 Å². The molecule has 2 unspecified atom stereocenters. The Morgan fingerprint density at radius 3 is 2.52 bits per heavy atom. The molecule has 1 aromatic carbocycles. The van der Waals surface area contributed by atoms with Gasteiger partial charge in [-0.2, -0.15) is 13.2 Å². The number of morpholine rings is 1. The van der Waals surface area contributed by atoms with Crippen LogP contribution < -0.4 is 0 Å². The average Bonchev–Trinajstić information content (AvgIpc) is 2.52. The molecule has 2 atom stereocenters. The van der Waals surface area contributed by atoms with Crippen LogP contribution in [0.4, 0.5) is 18.0 Å². The van der Waals surface area contributed by atoms with Crippen LogP contribution >= 0.6 is 0 Å². The molecule has 0 radical (unpaired) electrons. The topological polar surface area (TPSA) is 76.1 Å². The molecule has 126 valence electrons. The van der Waals surface area contributed by atoms with E-state index in [1.165, 1.54) is 0 Å². The summed E-state index contributed by atoms with van der Waals surface area (Å²) < 4.78 is 47.5. The first-order valence-electron chi connectivity index (χ1n) is 6.67. The van der Waals surface area contributed by atoms with Gasteiger partial charge in [-0.25, -0.2) is 9.59 Å². The Hall–Kier alpha value is -2.29. The third-order valence-corrected chi connectivity index (χ3v) is 3.28. The first-order chi connectivity index (χ1) is 10.8. The summed E-state index contributed by atoms with van der Waals surface area (Å²) in [5.74, 6) is -1.46. The van der Waals surface area contributed by atoms with Crippen LogP contribution in [0.3, 0.4) is 0 Å². The lowest BCUT2D eigenvalue weighted by Crippen LogP contribution is -2.58. The van der Waals surface area contributed by atoms with E-state index in [0.29, 0.717) is 10.5 Å². The minimum Gasteiger partial charge on any atom is -0.480 e. The van der Waals surface area contributed by atoms with Crippen molar-refractivity contribution in [1.29, 1.82) is 0 Å². The SMILES string of the molecule is O=C(O)C1COC(C(F)(F)F)CN1C(=O)OCc1ccccc1. The first-order valence-corrected chi connectivity index (χ1v) is 6.67. The van der Waals surface area contributed by atoms with Crippen molar-refractivity contribution in [3.05, 3.63) is 35.9 Å².